The largest absolute Gasteiger partial charge is 0.418 e. The second kappa shape index (κ2) is 7.38. The highest BCUT2D eigenvalue weighted by molar-refractivity contribution is 7.50. The molecule has 0 amide bonds. The zero-order valence-corrected chi connectivity index (χ0v) is 15.6. The Balaban J connectivity index is 2.32. The summed E-state index contributed by atoms with van der Waals surface area (Å²) in [7, 11) is -4.76. The topological polar surface area (TPSA) is 116 Å². The van der Waals surface area contributed by atoms with Gasteiger partial charge in [-0.1, -0.05) is 12.8 Å². The van der Waals surface area contributed by atoms with Crippen LogP contribution in [0.15, 0.2) is 21.7 Å². The van der Waals surface area contributed by atoms with Gasteiger partial charge >= 0.3 is 24.9 Å². The number of benzene rings is 1. The lowest BCUT2D eigenvalue weighted by Gasteiger charge is -2.27. The number of aromatic amines is 1. The number of alkyl halides is 3. The Morgan fingerprint density at radius 2 is 1.68 bits per heavy atom. The van der Waals surface area contributed by atoms with Crippen LogP contribution in [0.4, 0.5) is 18.9 Å². The van der Waals surface area contributed by atoms with E-state index in [1.165, 1.54) is 0 Å². The van der Waals surface area contributed by atoms with Crippen LogP contribution in [0.25, 0.3) is 11.0 Å². The van der Waals surface area contributed by atoms with E-state index < -0.39 is 36.7 Å². The molecule has 0 atom stereocenters. The van der Waals surface area contributed by atoms with Crippen molar-refractivity contribution in [1.82, 2.24) is 9.55 Å². The molecular formula is C16H19F3N3O5P. The fourth-order valence-electron chi connectivity index (χ4n) is 3.43. The molecule has 154 valence electrons. The minimum absolute atomic E-state index is 0.167. The van der Waals surface area contributed by atoms with E-state index in [0.717, 1.165) is 18.9 Å². The molecule has 8 nitrogen and oxygen atoms in total. The van der Waals surface area contributed by atoms with E-state index in [1.807, 2.05) is 0 Å². The first-order chi connectivity index (χ1) is 13.0. The predicted molar refractivity (Wildman–Crippen MR) is 96.6 cm³/mol. The summed E-state index contributed by atoms with van der Waals surface area (Å²) in [5.41, 5.74) is -4.12. The standard InChI is InChI=1S/C16H19F3N3O5P/c17-16(18,19)10-7-11-13(8-12(10)21-5-3-1-2-4-6-21)22(9-28(25,26)27)15(24)14(23)20-11/h7-8H,1-6,9H2,(H,20,23)(H2,25,26,27). The highest BCUT2D eigenvalue weighted by atomic mass is 31.2. The van der Waals surface area contributed by atoms with Crippen LogP contribution < -0.4 is 16.0 Å². The maximum absolute atomic E-state index is 13.7. The van der Waals surface area contributed by atoms with E-state index in [9.17, 15) is 37.1 Å². The van der Waals surface area contributed by atoms with Crippen LogP contribution in [-0.2, 0) is 17.0 Å². The molecule has 0 aliphatic carbocycles. The maximum Gasteiger partial charge on any atom is 0.418 e. The molecule has 2 aromatic rings. The number of nitrogens with one attached hydrogen (secondary N) is 1. The summed E-state index contributed by atoms with van der Waals surface area (Å²) in [5.74, 6) is 0. The van der Waals surface area contributed by atoms with Crippen LogP contribution in [0.1, 0.15) is 31.2 Å². The smallest absolute Gasteiger partial charge is 0.371 e. The summed E-state index contributed by atoms with van der Waals surface area (Å²) in [6.45, 7) is 0.779. The molecule has 1 aliphatic heterocycles. The minimum atomic E-state index is -4.76. The molecule has 1 aromatic heterocycles. The summed E-state index contributed by atoms with van der Waals surface area (Å²) in [5, 5.41) is 0. The van der Waals surface area contributed by atoms with Crippen molar-refractivity contribution in [2.24, 2.45) is 0 Å². The van der Waals surface area contributed by atoms with Gasteiger partial charge in [0.1, 0.15) is 6.29 Å². The SMILES string of the molecule is O=c1[nH]c2cc(C(F)(F)F)c(N3CCCCCC3)cc2n(CP(=O)(O)O)c1=O. The van der Waals surface area contributed by atoms with Crippen LogP contribution >= 0.6 is 7.60 Å². The van der Waals surface area contributed by atoms with Crippen LogP contribution in [0.5, 0.6) is 0 Å². The van der Waals surface area contributed by atoms with Gasteiger partial charge in [0, 0.05) is 13.1 Å². The number of hydrogen-bond donors (Lipinski definition) is 3. The lowest BCUT2D eigenvalue weighted by molar-refractivity contribution is -0.137. The molecule has 12 heteroatoms. The van der Waals surface area contributed by atoms with Crippen molar-refractivity contribution in [2.45, 2.75) is 38.1 Å². The van der Waals surface area contributed by atoms with E-state index in [4.69, 9.17) is 0 Å². The van der Waals surface area contributed by atoms with Crippen molar-refractivity contribution in [3.63, 3.8) is 0 Å². The predicted octanol–water partition coefficient (Wildman–Crippen LogP) is 2.22. The molecule has 1 aromatic carbocycles. The number of fused-ring (bicyclic) bond motifs is 1. The summed E-state index contributed by atoms with van der Waals surface area (Å²) >= 11 is 0. The quantitative estimate of drug-likeness (QED) is 0.517. The number of nitrogens with zero attached hydrogens (tertiary/aromatic N) is 2. The van der Waals surface area contributed by atoms with Crippen molar-refractivity contribution in [3.8, 4) is 0 Å². The molecule has 28 heavy (non-hydrogen) atoms. The van der Waals surface area contributed by atoms with Gasteiger partial charge in [0.25, 0.3) is 0 Å². The maximum atomic E-state index is 13.7. The fraction of sp³-hybridized carbons (Fsp3) is 0.500. The van der Waals surface area contributed by atoms with Gasteiger partial charge in [0.15, 0.2) is 0 Å². The average Bonchev–Trinajstić information content (AvgIpc) is 2.85. The Kier molecular flexibility index (Phi) is 5.44. The van der Waals surface area contributed by atoms with Crippen molar-refractivity contribution >= 4 is 24.3 Å². The van der Waals surface area contributed by atoms with E-state index in [-0.39, 0.29) is 16.7 Å². The lowest BCUT2D eigenvalue weighted by Crippen LogP contribution is -2.37. The normalized spacial score (nSPS) is 16.4. The Labute approximate surface area is 156 Å². The first-order valence-corrected chi connectivity index (χ1v) is 10.4. The lowest BCUT2D eigenvalue weighted by atomic mass is 10.1. The monoisotopic (exact) mass is 421 g/mol. The third-order valence-corrected chi connectivity index (χ3v) is 5.32. The van der Waals surface area contributed by atoms with Gasteiger partial charge in [-0.3, -0.25) is 18.7 Å². The molecule has 1 saturated heterocycles. The molecule has 0 radical (unpaired) electrons. The number of hydrogen-bond acceptors (Lipinski definition) is 4. The van der Waals surface area contributed by atoms with Crippen molar-refractivity contribution in [1.29, 1.82) is 0 Å². The number of aromatic nitrogens is 2. The van der Waals surface area contributed by atoms with Gasteiger partial charge < -0.3 is 19.7 Å². The average molecular weight is 421 g/mol. The summed E-state index contributed by atoms with van der Waals surface area (Å²) in [4.78, 5) is 46.0. The molecule has 0 unspecified atom stereocenters. The molecule has 2 heterocycles. The number of H-pyrrole nitrogens is 1. The molecular weight excluding hydrogens is 402 g/mol. The first kappa shape index (κ1) is 20.6. The number of halogens is 3. The zero-order valence-electron chi connectivity index (χ0n) is 14.7. The van der Waals surface area contributed by atoms with Crippen molar-refractivity contribution in [2.75, 3.05) is 18.0 Å². The highest BCUT2D eigenvalue weighted by Crippen LogP contribution is 2.41. The molecule has 0 saturated carbocycles. The first-order valence-electron chi connectivity index (χ1n) is 8.65. The van der Waals surface area contributed by atoms with Crippen LogP contribution in [0.3, 0.4) is 0 Å². The van der Waals surface area contributed by atoms with Gasteiger partial charge in [-0.25, -0.2) is 0 Å². The van der Waals surface area contributed by atoms with Crippen molar-refractivity contribution in [3.05, 3.63) is 38.4 Å². The molecule has 0 spiro atoms. The van der Waals surface area contributed by atoms with Gasteiger partial charge in [-0.2, -0.15) is 13.2 Å². The molecule has 1 fully saturated rings. The van der Waals surface area contributed by atoms with E-state index in [2.05, 4.69) is 4.98 Å². The Hall–Kier alpha value is -2.10. The highest BCUT2D eigenvalue weighted by Gasteiger charge is 2.36. The van der Waals surface area contributed by atoms with Crippen molar-refractivity contribution < 1.29 is 27.5 Å². The third kappa shape index (κ3) is 4.31. The van der Waals surface area contributed by atoms with Gasteiger partial charge in [-0.05, 0) is 25.0 Å². The second-order valence-corrected chi connectivity index (χ2v) is 8.39. The Morgan fingerprint density at radius 1 is 1.07 bits per heavy atom. The molecule has 1 aliphatic rings. The molecule has 0 bridgehead atoms. The van der Waals surface area contributed by atoms with Gasteiger partial charge in [0.05, 0.1) is 22.3 Å². The number of rotatable bonds is 3. The van der Waals surface area contributed by atoms with E-state index in [0.29, 0.717) is 36.6 Å². The Bertz CT molecular complexity index is 1050. The van der Waals surface area contributed by atoms with Crippen LogP contribution in [-0.4, -0.2) is 32.4 Å². The van der Waals surface area contributed by atoms with E-state index >= 15 is 0 Å². The van der Waals surface area contributed by atoms with Crippen LogP contribution in [0.2, 0.25) is 0 Å². The zero-order chi connectivity index (χ0) is 20.7. The molecule has 3 N–H and O–H groups in total. The summed E-state index contributed by atoms with van der Waals surface area (Å²) in [6.07, 6.45) is -2.62. The van der Waals surface area contributed by atoms with Gasteiger partial charge in [0.2, 0.25) is 0 Å². The number of anilines is 1. The third-order valence-electron chi connectivity index (χ3n) is 4.67. The van der Waals surface area contributed by atoms with Crippen LogP contribution in [0, 0.1) is 0 Å². The Morgan fingerprint density at radius 3 is 2.21 bits per heavy atom. The minimum Gasteiger partial charge on any atom is -0.371 e. The van der Waals surface area contributed by atoms with E-state index in [1.54, 1.807) is 4.90 Å². The van der Waals surface area contributed by atoms with Gasteiger partial charge in [-0.15, -0.1) is 0 Å². The summed E-state index contributed by atoms with van der Waals surface area (Å²) in [6, 6.07) is 1.79. The fourth-order valence-corrected chi connectivity index (χ4v) is 4.08. The molecule has 3 rings (SSSR count). The second-order valence-electron chi connectivity index (χ2n) is 6.78. The summed E-state index contributed by atoms with van der Waals surface area (Å²) < 4.78 is 53.0.